The topological polar surface area (TPSA) is 66.6 Å². The van der Waals surface area contributed by atoms with Gasteiger partial charge in [0, 0.05) is 17.6 Å². The van der Waals surface area contributed by atoms with Crippen molar-refractivity contribution in [2.75, 3.05) is 24.6 Å². The first-order chi connectivity index (χ1) is 8.45. The average molecular weight is 281 g/mol. The minimum absolute atomic E-state index is 0.0261. The van der Waals surface area contributed by atoms with Gasteiger partial charge < -0.3 is 10.0 Å². The molecule has 18 heavy (non-hydrogen) atoms. The van der Waals surface area contributed by atoms with Gasteiger partial charge in [-0.15, -0.1) is 0 Å². The zero-order valence-corrected chi connectivity index (χ0v) is 9.98. The number of nitro groups is 1. The van der Waals surface area contributed by atoms with Crippen LogP contribution in [0.1, 0.15) is 0 Å². The predicted molar refractivity (Wildman–Crippen MR) is 63.4 cm³/mol. The summed E-state index contributed by atoms with van der Waals surface area (Å²) < 4.78 is 24.8. The fourth-order valence-corrected chi connectivity index (χ4v) is 1.67. The van der Waals surface area contributed by atoms with Crippen LogP contribution in [0.4, 0.5) is 20.2 Å². The van der Waals surface area contributed by atoms with Gasteiger partial charge in [0.25, 0.3) is 12.1 Å². The fraction of sp³-hybridized carbons (Fsp3) is 0.400. The lowest BCUT2D eigenvalue weighted by atomic mass is 10.2. The van der Waals surface area contributed by atoms with Gasteiger partial charge in [-0.3, -0.25) is 10.1 Å². The molecule has 0 heterocycles. The lowest BCUT2D eigenvalue weighted by molar-refractivity contribution is -0.384. The smallest absolute Gasteiger partial charge is 0.292 e. The summed E-state index contributed by atoms with van der Waals surface area (Å²) >= 11 is 5.70. The third kappa shape index (κ3) is 3.78. The first-order valence-electron chi connectivity index (χ1n) is 5.03. The Labute approximate surface area is 107 Å². The first-order valence-corrected chi connectivity index (χ1v) is 5.41. The molecule has 0 unspecified atom stereocenters. The summed E-state index contributed by atoms with van der Waals surface area (Å²) in [5.41, 5.74) is -0.352. The third-order valence-corrected chi connectivity index (χ3v) is 2.44. The zero-order chi connectivity index (χ0) is 13.7. The van der Waals surface area contributed by atoms with E-state index in [1.165, 1.54) is 12.1 Å². The zero-order valence-electron chi connectivity index (χ0n) is 9.22. The van der Waals surface area contributed by atoms with Crippen LogP contribution in [0.15, 0.2) is 18.2 Å². The van der Waals surface area contributed by atoms with Crippen molar-refractivity contribution in [3.8, 4) is 0 Å². The predicted octanol–water partition coefficient (Wildman–Crippen LogP) is 2.31. The van der Waals surface area contributed by atoms with Crippen LogP contribution in [-0.4, -0.2) is 36.2 Å². The van der Waals surface area contributed by atoms with Gasteiger partial charge in [0.05, 0.1) is 18.1 Å². The Kier molecular flexibility index (Phi) is 5.24. The molecule has 0 aliphatic heterocycles. The van der Waals surface area contributed by atoms with Gasteiger partial charge in [-0.25, -0.2) is 8.78 Å². The monoisotopic (exact) mass is 280 g/mol. The summed E-state index contributed by atoms with van der Waals surface area (Å²) in [7, 11) is 0. The van der Waals surface area contributed by atoms with Crippen LogP contribution in [0.2, 0.25) is 5.02 Å². The maximum atomic E-state index is 12.4. The number of nitrogens with zero attached hydrogens (tertiary/aromatic N) is 2. The Morgan fingerprint density at radius 1 is 1.50 bits per heavy atom. The second kappa shape index (κ2) is 6.46. The van der Waals surface area contributed by atoms with E-state index >= 15 is 0 Å². The molecule has 100 valence electrons. The fourth-order valence-electron chi connectivity index (χ4n) is 1.50. The van der Waals surface area contributed by atoms with Gasteiger partial charge in [-0.05, 0) is 12.1 Å². The molecule has 0 radical (unpaired) electrons. The van der Waals surface area contributed by atoms with Crippen molar-refractivity contribution in [2.45, 2.75) is 6.43 Å². The Morgan fingerprint density at radius 2 is 2.17 bits per heavy atom. The standard InChI is InChI=1S/C10H11ClF2N2O3/c11-7-1-2-8(15(17)18)9(5-7)14(3-4-16)6-10(12)13/h1-2,5,10,16H,3-4,6H2. The van der Waals surface area contributed by atoms with E-state index in [9.17, 15) is 18.9 Å². The Balaban J connectivity index is 3.15. The Hall–Kier alpha value is -1.47. The second-order valence-electron chi connectivity index (χ2n) is 3.45. The molecule has 1 rings (SSSR count). The number of nitro benzene ring substituents is 1. The van der Waals surface area contributed by atoms with E-state index in [1.54, 1.807) is 0 Å². The van der Waals surface area contributed by atoms with Crippen molar-refractivity contribution in [2.24, 2.45) is 0 Å². The minimum atomic E-state index is -2.67. The number of aliphatic hydroxyl groups excluding tert-OH is 1. The lowest BCUT2D eigenvalue weighted by Gasteiger charge is -2.23. The summed E-state index contributed by atoms with van der Waals surface area (Å²) in [5, 5.41) is 19.8. The maximum Gasteiger partial charge on any atom is 0.292 e. The quantitative estimate of drug-likeness (QED) is 0.641. The van der Waals surface area contributed by atoms with E-state index in [0.29, 0.717) is 0 Å². The lowest BCUT2D eigenvalue weighted by Crippen LogP contribution is -2.32. The van der Waals surface area contributed by atoms with Crippen LogP contribution in [0.25, 0.3) is 0 Å². The number of alkyl halides is 2. The maximum absolute atomic E-state index is 12.4. The van der Waals surface area contributed by atoms with Crippen LogP contribution in [0, 0.1) is 10.1 Å². The Morgan fingerprint density at radius 3 is 2.67 bits per heavy atom. The molecule has 0 saturated heterocycles. The molecule has 5 nitrogen and oxygen atoms in total. The van der Waals surface area contributed by atoms with E-state index in [1.807, 2.05) is 0 Å². The number of aliphatic hydroxyl groups is 1. The molecule has 1 aromatic rings. The number of hydrogen-bond acceptors (Lipinski definition) is 4. The molecule has 0 bridgehead atoms. The van der Waals surface area contributed by atoms with Crippen molar-refractivity contribution in [3.05, 3.63) is 33.3 Å². The highest BCUT2D eigenvalue weighted by Crippen LogP contribution is 2.31. The van der Waals surface area contributed by atoms with Gasteiger partial charge in [0.1, 0.15) is 5.69 Å². The van der Waals surface area contributed by atoms with E-state index in [4.69, 9.17) is 16.7 Å². The number of hydrogen-bond donors (Lipinski definition) is 1. The van der Waals surface area contributed by atoms with E-state index < -0.39 is 24.5 Å². The minimum Gasteiger partial charge on any atom is -0.395 e. The largest absolute Gasteiger partial charge is 0.395 e. The molecular formula is C10H11ClF2N2O3. The molecule has 0 aliphatic carbocycles. The molecule has 0 amide bonds. The van der Waals surface area contributed by atoms with Crippen LogP contribution in [-0.2, 0) is 0 Å². The second-order valence-corrected chi connectivity index (χ2v) is 3.89. The molecule has 8 heteroatoms. The van der Waals surface area contributed by atoms with E-state index in [0.717, 1.165) is 11.0 Å². The third-order valence-electron chi connectivity index (χ3n) is 2.20. The highest BCUT2D eigenvalue weighted by molar-refractivity contribution is 6.31. The molecule has 0 aliphatic rings. The van der Waals surface area contributed by atoms with Crippen LogP contribution in [0.3, 0.4) is 0 Å². The normalized spacial score (nSPS) is 10.7. The summed E-state index contributed by atoms with van der Waals surface area (Å²) in [6.45, 7) is -1.23. The molecule has 0 saturated carbocycles. The Bertz CT molecular complexity index is 432. The van der Waals surface area contributed by atoms with Crippen LogP contribution >= 0.6 is 11.6 Å². The van der Waals surface area contributed by atoms with Crippen LogP contribution in [0.5, 0.6) is 0 Å². The highest BCUT2D eigenvalue weighted by Gasteiger charge is 2.22. The van der Waals surface area contributed by atoms with Crippen LogP contribution < -0.4 is 4.90 Å². The van der Waals surface area contributed by atoms with Gasteiger partial charge in [-0.1, -0.05) is 11.6 Å². The van der Waals surface area contributed by atoms with Crippen molar-refractivity contribution in [1.82, 2.24) is 0 Å². The summed E-state index contributed by atoms with van der Waals surface area (Å²) in [6, 6.07) is 3.69. The van der Waals surface area contributed by atoms with E-state index in [-0.39, 0.29) is 22.9 Å². The number of anilines is 1. The van der Waals surface area contributed by atoms with Crippen molar-refractivity contribution in [1.29, 1.82) is 0 Å². The molecule has 0 spiro atoms. The molecule has 0 fully saturated rings. The summed E-state index contributed by atoms with van der Waals surface area (Å²) in [4.78, 5) is 11.2. The van der Waals surface area contributed by atoms with Gasteiger partial charge in [0.2, 0.25) is 0 Å². The van der Waals surface area contributed by atoms with Gasteiger partial charge in [0.15, 0.2) is 0 Å². The molecule has 0 aromatic heterocycles. The summed E-state index contributed by atoms with van der Waals surface area (Å²) in [5.74, 6) is 0. The summed E-state index contributed by atoms with van der Waals surface area (Å²) in [6.07, 6.45) is -2.67. The average Bonchev–Trinajstić information content (AvgIpc) is 2.27. The van der Waals surface area contributed by atoms with E-state index in [2.05, 4.69) is 0 Å². The van der Waals surface area contributed by atoms with Gasteiger partial charge >= 0.3 is 0 Å². The molecular weight excluding hydrogens is 270 g/mol. The highest BCUT2D eigenvalue weighted by atomic mass is 35.5. The number of rotatable bonds is 6. The number of halogens is 3. The van der Waals surface area contributed by atoms with Crippen molar-refractivity contribution in [3.63, 3.8) is 0 Å². The van der Waals surface area contributed by atoms with Crippen molar-refractivity contribution < 1.29 is 18.8 Å². The van der Waals surface area contributed by atoms with Crippen molar-refractivity contribution >= 4 is 23.0 Å². The first kappa shape index (κ1) is 14.6. The van der Waals surface area contributed by atoms with Gasteiger partial charge in [-0.2, -0.15) is 0 Å². The molecule has 1 aromatic carbocycles. The number of benzene rings is 1. The SMILES string of the molecule is O=[N+]([O-])c1ccc(Cl)cc1N(CCO)CC(F)F. The molecule has 0 atom stereocenters. The molecule has 1 N–H and O–H groups in total.